The van der Waals surface area contributed by atoms with Crippen molar-refractivity contribution >= 4 is 34.4 Å². The fraction of sp³-hybridized carbons (Fsp3) is 0.462. The van der Waals surface area contributed by atoms with Crippen LogP contribution in [0, 0.1) is 5.41 Å². The number of hydrogen-bond acceptors (Lipinski definition) is 3. The summed E-state index contributed by atoms with van der Waals surface area (Å²) in [5.41, 5.74) is 0.760. The fourth-order valence-electron chi connectivity index (χ4n) is 2.12. The van der Waals surface area contributed by atoms with Crippen molar-refractivity contribution in [3.05, 3.63) is 28.2 Å². The molecule has 2 rings (SSSR count). The van der Waals surface area contributed by atoms with Gasteiger partial charge in [0.1, 0.15) is 12.4 Å². The molecule has 19 heavy (non-hydrogen) atoms. The molecule has 1 atom stereocenters. The smallest absolute Gasteiger partial charge is 0.407 e. The SMILES string of the molecule is COc1ccc(Br)cc1[C@@H]1NC(=O)OCC1(C)C.Cl. The van der Waals surface area contributed by atoms with Crippen molar-refractivity contribution in [2.45, 2.75) is 19.9 Å². The maximum Gasteiger partial charge on any atom is 0.407 e. The quantitative estimate of drug-likeness (QED) is 0.885. The van der Waals surface area contributed by atoms with Gasteiger partial charge in [-0.05, 0) is 18.2 Å². The summed E-state index contributed by atoms with van der Waals surface area (Å²) in [6.07, 6.45) is -0.388. The maximum atomic E-state index is 11.4. The zero-order valence-corrected chi connectivity index (χ0v) is 13.4. The van der Waals surface area contributed by atoms with E-state index in [0.29, 0.717) is 6.61 Å². The standard InChI is InChI=1S/C13H16BrNO3.ClH/c1-13(2)7-18-12(16)15-11(13)9-6-8(14)4-5-10(9)17-3;/h4-6,11H,7H2,1-3H3,(H,15,16);1H/t11-;/m0./s1. The molecule has 1 aliphatic heterocycles. The van der Waals surface area contributed by atoms with E-state index in [0.717, 1.165) is 15.8 Å². The third-order valence-electron chi connectivity index (χ3n) is 3.12. The van der Waals surface area contributed by atoms with E-state index in [1.165, 1.54) is 0 Å². The molecule has 106 valence electrons. The van der Waals surface area contributed by atoms with Crippen LogP contribution in [0.4, 0.5) is 4.79 Å². The van der Waals surface area contributed by atoms with Crippen LogP contribution in [-0.2, 0) is 4.74 Å². The topological polar surface area (TPSA) is 47.6 Å². The Hall–Kier alpha value is -0.940. The molecular formula is C13H17BrClNO3. The summed E-state index contributed by atoms with van der Waals surface area (Å²) in [5, 5.41) is 2.86. The second kappa shape index (κ2) is 6.01. The average molecular weight is 351 g/mol. The number of nitrogens with one attached hydrogen (secondary N) is 1. The van der Waals surface area contributed by atoms with Crippen molar-refractivity contribution in [3.8, 4) is 5.75 Å². The summed E-state index contributed by atoms with van der Waals surface area (Å²) >= 11 is 3.45. The number of halogens is 2. The number of carbonyl (C=O) groups excluding carboxylic acids is 1. The third kappa shape index (κ3) is 3.34. The molecule has 1 saturated heterocycles. The van der Waals surface area contributed by atoms with Crippen molar-refractivity contribution in [2.24, 2.45) is 5.41 Å². The van der Waals surface area contributed by atoms with Crippen LogP contribution >= 0.6 is 28.3 Å². The lowest BCUT2D eigenvalue weighted by Crippen LogP contribution is -2.47. The monoisotopic (exact) mass is 349 g/mol. The molecule has 0 radical (unpaired) electrons. The Morgan fingerprint density at radius 2 is 2.16 bits per heavy atom. The van der Waals surface area contributed by atoms with Gasteiger partial charge in [-0.15, -0.1) is 12.4 Å². The number of carbonyl (C=O) groups is 1. The fourth-order valence-corrected chi connectivity index (χ4v) is 2.50. The molecule has 0 aromatic heterocycles. The Labute approximate surface area is 127 Å². The van der Waals surface area contributed by atoms with Gasteiger partial charge in [-0.1, -0.05) is 29.8 Å². The van der Waals surface area contributed by atoms with E-state index >= 15 is 0 Å². The molecule has 1 amide bonds. The highest BCUT2D eigenvalue weighted by atomic mass is 79.9. The molecular weight excluding hydrogens is 334 g/mol. The van der Waals surface area contributed by atoms with Crippen molar-refractivity contribution in [1.29, 1.82) is 0 Å². The number of amides is 1. The van der Waals surface area contributed by atoms with E-state index in [9.17, 15) is 4.79 Å². The maximum absolute atomic E-state index is 11.4. The van der Waals surface area contributed by atoms with Gasteiger partial charge < -0.3 is 14.8 Å². The van der Waals surface area contributed by atoms with Crippen molar-refractivity contribution < 1.29 is 14.3 Å². The van der Waals surface area contributed by atoms with E-state index in [2.05, 4.69) is 35.1 Å². The van der Waals surface area contributed by atoms with Crippen LogP contribution in [0.1, 0.15) is 25.5 Å². The molecule has 1 aromatic rings. The molecule has 4 nitrogen and oxygen atoms in total. The molecule has 0 unspecified atom stereocenters. The lowest BCUT2D eigenvalue weighted by atomic mass is 9.80. The van der Waals surface area contributed by atoms with Crippen LogP contribution in [0.2, 0.25) is 0 Å². The van der Waals surface area contributed by atoms with E-state index < -0.39 is 0 Å². The van der Waals surface area contributed by atoms with Gasteiger partial charge in [0.25, 0.3) is 0 Å². The molecule has 1 aliphatic rings. The Morgan fingerprint density at radius 3 is 2.79 bits per heavy atom. The van der Waals surface area contributed by atoms with Gasteiger partial charge in [0.05, 0.1) is 13.2 Å². The van der Waals surface area contributed by atoms with Crippen LogP contribution in [0.25, 0.3) is 0 Å². The first kappa shape index (κ1) is 16.1. The molecule has 1 fully saturated rings. The van der Waals surface area contributed by atoms with Crippen LogP contribution < -0.4 is 10.1 Å². The number of ether oxygens (including phenoxy) is 2. The molecule has 1 aromatic carbocycles. The van der Waals surface area contributed by atoms with Gasteiger partial charge in [-0.25, -0.2) is 4.79 Å². The Bertz CT molecular complexity index is 479. The summed E-state index contributed by atoms with van der Waals surface area (Å²) in [5.74, 6) is 0.762. The first-order valence-corrected chi connectivity index (χ1v) is 6.50. The molecule has 0 saturated carbocycles. The highest BCUT2D eigenvalue weighted by Gasteiger charge is 2.39. The predicted octanol–water partition coefficient (Wildman–Crippen LogP) is 3.69. The van der Waals surface area contributed by atoms with E-state index in [1.54, 1.807) is 7.11 Å². The Morgan fingerprint density at radius 1 is 1.47 bits per heavy atom. The predicted molar refractivity (Wildman–Crippen MR) is 78.9 cm³/mol. The molecule has 0 spiro atoms. The summed E-state index contributed by atoms with van der Waals surface area (Å²) in [7, 11) is 1.63. The lowest BCUT2D eigenvalue weighted by molar-refractivity contribution is 0.0381. The van der Waals surface area contributed by atoms with Crippen LogP contribution in [-0.4, -0.2) is 19.8 Å². The largest absolute Gasteiger partial charge is 0.496 e. The van der Waals surface area contributed by atoms with E-state index in [1.807, 2.05) is 18.2 Å². The Kier molecular flexibility index (Phi) is 5.10. The molecule has 6 heteroatoms. The number of rotatable bonds is 2. The zero-order chi connectivity index (χ0) is 13.3. The molecule has 1 heterocycles. The number of benzene rings is 1. The highest BCUT2D eigenvalue weighted by molar-refractivity contribution is 9.10. The minimum atomic E-state index is -0.388. The number of alkyl carbamates (subject to hydrolysis) is 1. The summed E-state index contributed by atoms with van der Waals surface area (Å²) in [6, 6.07) is 5.64. The summed E-state index contributed by atoms with van der Waals surface area (Å²) in [6.45, 7) is 4.49. The van der Waals surface area contributed by atoms with Crippen molar-refractivity contribution in [2.75, 3.05) is 13.7 Å². The second-order valence-corrected chi connectivity index (χ2v) is 5.94. The van der Waals surface area contributed by atoms with Crippen molar-refractivity contribution in [3.63, 3.8) is 0 Å². The van der Waals surface area contributed by atoms with Crippen LogP contribution in [0.15, 0.2) is 22.7 Å². The van der Waals surface area contributed by atoms with Gasteiger partial charge >= 0.3 is 6.09 Å². The van der Waals surface area contributed by atoms with E-state index in [4.69, 9.17) is 9.47 Å². The second-order valence-electron chi connectivity index (χ2n) is 5.03. The highest BCUT2D eigenvalue weighted by Crippen LogP contribution is 2.41. The molecule has 0 aliphatic carbocycles. The van der Waals surface area contributed by atoms with Crippen LogP contribution in [0.5, 0.6) is 5.75 Å². The van der Waals surface area contributed by atoms with Gasteiger partial charge in [0.2, 0.25) is 0 Å². The average Bonchev–Trinajstić information content (AvgIpc) is 2.32. The molecule has 0 bridgehead atoms. The molecule has 1 N–H and O–H groups in total. The Balaban J connectivity index is 0.00000180. The number of hydrogen-bond donors (Lipinski definition) is 1. The van der Waals surface area contributed by atoms with E-state index in [-0.39, 0.29) is 30.0 Å². The van der Waals surface area contributed by atoms with Gasteiger partial charge in [-0.2, -0.15) is 0 Å². The number of methoxy groups -OCH3 is 1. The van der Waals surface area contributed by atoms with Gasteiger partial charge in [-0.3, -0.25) is 0 Å². The minimum absolute atomic E-state index is 0. The lowest BCUT2D eigenvalue weighted by Gasteiger charge is -2.39. The van der Waals surface area contributed by atoms with Crippen molar-refractivity contribution in [1.82, 2.24) is 5.32 Å². The van der Waals surface area contributed by atoms with Crippen LogP contribution in [0.3, 0.4) is 0 Å². The first-order valence-electron chi connectivity index (χ1n) is 5.71. The minimum Gasteiger partial charge on any atom is -0.496 e. The summed E-state index contributed by atoms with van der Waals surface area (Å²) < 4.78 is 11.4. The summed E-state index contributed by atoms with van der Waals surface area (Å²) in [4.78, 5) is 11.4. The van der Waals surface area contributed by atoms with Gasteiger partial charge in [0.15, 0.2) is 0 Å². The zero-order valence-electron chi connectivity index (χ0n) is 11.0. The normalized spacial score (nSPS) is 20.8. The first-order chi connectivity index (χ1) is 8.44. The van der Waals surface area contributed by atoms with Gasteiger partial charge in [0, 0.05) is 15.5 Å². The third-order valence-corrected chi connectivity index (χ3v) is 3.61. The number of cyclic esters (lactones) is 1.